The van der Waals surface area contributed by atoms with Crippen LogP contribution in [0.2, 0.25) is 0 Å². The van der Waals surface area contributed by atoms with Gasteiger partial charge in [0.15, 0.2) is 0 Å². The molecule has 3 nitrogen and oxygen atoms in total. The van der Waals surface area contributed by atoms with Crippen LogP contribution in [0.5, 0.6) is 0 Å². The zero-order valence-electron chi connectivity index (χ0n) is 11.9. The Morgan fingerprint density at radius 1 is 1.32 bits per heavy atom. The molecule has 2 rings (SSSR count). The van der Waals surface area contributed by atoms with Crippen molar-refractivity contribution < 1.29 is 4.79 Å². The van der Waals surface area contributed by atoms with Crippen molar-refractivity contribution in [1.82, 2.24) is 5.32 Å². The van der Waals surface area contributed by atoms with E-state index in [0.29, 0.717) is 17.9 Å². The fourth-order valence-corrected chi connectivity index (χ4v) is 2.66. The number of hydrogen-bond acceptors (Lipinski definition) is 2. The van der Waals surface area contributed by atoms with Gasteiger partial charge in [-0.2, -0.15) is 0 Å². The van der Waals surface area contributed by atoms with E-state index in [4.69, 9.17) is 5.73 Å². The van der Waals surface area contributed by atoms with Crippen LogP contribution in [0.25, 0.3) is 0 Å². The molecule has 0 aromatic heterocycles. The van der Waals surface area contributed by atoms with E-state index in [0.717, 1.165) is 31.4 Å². The number of amides is 1. The summed E-state index contributed by atoms with van der Waals surface area (Å²) in [5, 5.41) is 3.02. The first-order valence-corrected chi connectivity index (χ1v) is 7.20. The molecule has 1 aliphatic carbocycles. The van der Waals surface area contributed by atoms with Crippen LogP contribution in [-0.2, 0) is 0 Å². The van der Waals surface area contributed by atoms with Crippen LogP contribution in [0, 0.1) is 5.92 Å². The molecule has 104 valence electrons. The van der Waals surface area contributed by atoms with E-state index in [-0.39, 0.29) is 5.91 Å². The van der Waals surface area contributed by atoms with Gasteiger partial charge in [-0.25, -0.2) is 0 Å². The molecule has 3 heteroatoms. The van der Waals surface area contributed by atoms with Crippen LogP contribution in [0.1, 0.15) is 54.9 Å². The van der Waals surface area contributed by atoms with Crippen molar-refractivity contribution >= 4 is 5.91 Å². The maximum atomic E-state index is 12.0. The molecule has 0 aliphatic heterocycles. The maximum absolute atomic E-state index is 12.0. The van der Waals surface area contributed by atoms with E-state index in [1.54, 1.807) is 0 Å². The van der Waals surface area contributed by atoms with Gasteiger partial charge in [0.05, 0.1) is 0 Å². The summed E-state index contributed by atoms with van der Waals surface area (Å²) in [6.07, 6.45) is 3.25. The van der Waals surface area contributed by atoms with Crippen molar-refractivity contribution in [2.75, 3.05) is 6.54 Å². The summed E-state index contributed by atoms with van der Waals surface area (Å²) in [6.45, 7) is 5.05. The highest BCUT2D eigenvalue weighted by atomic mass is 16.1. The Morgan fingerprint density at radius 2 is 2.00 bits per heavy atom. The van der Waals surface area contributed by atoms with Crippen LogP contribution in [-0.4, -0.2) is 18.5 Å². The second-order valence-corrected chi connectivity index (χ2v) is 5.93. The number of benzene rings is 1. The first-order valence-electron chi connectivity index (χ1n) is 7.20. The third-order valence-electron chi connectivity index (χ3n) is 3.97. The number of carbonyl (C=O) groups excluding carboxylic acids is 1. The van der Waals surface area contributed by atoms with Gasteiger partial charge < -0.3 is 11.1 Å². The van der Waals surface area contributed by atoms with Crippen LogP contribution >= 0.6 is 0 Å². The molecule has 19 heavy (non-hydrogen) atoms. The summed E-state index contributed by atoms with van der Waals surface area (Å²) >= 11 is 0. The van der Waals surface area contributed by atoms with Gasteiger partial charge in [-0.3, -0.25) is 4.79 Å². The molecule has 0 heterocycles. The van der Waals surface area contributed by atoms with Crippen molar-refractivity contribution in [3.63, 3.8) is 0 Å². The van der Waals surface area contributed by atoms with E-state index < -0.39 is 0 Å². The predicted molar refractivity (Wildman–Crippen MR) is 78.2 cm³/mol. The minimum Gasteiger partial charge on any atom is -0.352 e. The molecule has 3 N–H and O–H groups in total. The fourth-order valence-electron chi connectivity index (χ4n) is 2.66. The Bertz CT molecular complexity index is 425. The molecule has 2 unspecified atom stereocenters. The lowest BCUT2D eigenvalue weighted by molar-refractivity contribution is 0.0947. The molecule has 0 spiro atoms. The molecule has 2 atom stereocenters. The highest BCUT2D eigenvalue weighted by Crippen LogP contribution is 2.23. The SMILES string of the molecule is CC(C)c1ccc(C(=O)NCC2CCC(N)C2)cc1. The second-order valence-electron chi connectivity index (χ2n) is 5.93. The van der Waals surface area contributed by atoms with Gasteiger partial charge in [-0.15, -0.1) is 0 Å². The summed E-state index contributed by atoms with van der Waals surface area (Å²) < 4.78 is 0. The van der Waals surface area contributed by atoms with Gasteiger partial charge in [0.2, 0.25) is 0 Å². The highest BCUT2D eigenvalue weighted by molar-refractivity contribution is 5.94. The third-order valence-corrected chi connectivity index (χ3v) is 3.97. The molecule has 1 aromatic rings. The lowest BCUT2D eigenvalue weighted by Gasteiger charge is -2.12. The number of rotatable bonds is 4. The minimum atomic E-state index is 0.0239. The van der Waals surface area contributed by atoms with Gasteiger partial charge >= 0.3 is 0 Å². The molecular formula is C16H24N2O. The number of hydrogen-bond donors (Lipinski definition) is 2. The van der Waals surface area contributed by atoms with Gasteiger partial charge in [0.1, 0.15) is 0 Å². The van der Waals surface area contributed by atoms with Crippen LogP contribution < -0.4 is 11.1 Å². The van der Waals surface area contributed by atoms with E-state index >= 15 is 0 Å². The highest BCUT2D eigenvalue weighted by Gasteiger charge is 2.22. The Labute approximate surface area is 115 Å². The fraction of sp³-hybridized carbons (Fsp3) is 0.562. The molecule has 0 bridgehead atoms. The summed E-state index contributed by atoms with van der Waals surface area (Å²) in [4.78, 5) is 12.0. The van der Waals surface area contributed by atoms with Crippen molar-refractivity contribution in [3.8, 4) is 0 Å². The van der Waals surface area contributed by atoms with Crippen molar-refractivity contribution in [1.29, 1.82) is 0 Å². The molecular weight excluding hydrogens is 236 g/mol. The topological polar surface area (TPSA) is 55.1 Å². The molecule has 1 saturated carbocycles. The van der Waals surface area contributed by atoms with E-state index in [1.165, 1.54) is 5.56 Å². The Kier molecular flexibility index (Phi) is 4.59. The van der Waals surface area contributed by atoms with E-state index in [2.05, 4.69) is 19.2 Å². The second kappa shape index (κ2) is 6.20. The quantitative estimate of drug-likeness (QED) is 0.874. The Balaban J connectivity index is 1.85. The molecule has 1 fully saturated rings. The number of nitrogens with one attached hydrogen (secondary N) is 1. The van der Waals surface area contributed by atoms with E-state index in [9.17, 15) is 4.79 Å². The first kappa shape index (κ1) is 14.1. The molecule has 0 radical (unpaired) electrons. The summed E-state index contributed by atoms with van der Waals surface area (Å²) in [5.41, 5.74) is 7.88. The monoisotopic (exact) mass is 260 g/mol. The smallest absolute Gasteiger partial charge is 0.251 e. The lowest BCUT2D eigenvalue weighted by atomic mass is 10.0. The average molecular weight is 260 g/mol. The molecule has 1 aromatic carbocycles. The zero-order valence-corrected chi connectivity index (χ0v) is 11.9. The van der Waals surface area contributed by atoms with Crippen LogP contribution in [0.4, 0.5) is 0 Å². The van der Waals surface area contributed by atoms with Crippen molar-refractivity contribution in [2.45, 2.75) is 45.1 Å². The Morgan fingerprint density at radius 3 is 2.53 bits per heavy atom. The van der Waals surface area contributed by atoms with Gasteiger partial charge in [-0.1, -0.05) is 26.0 Å². The van der Waals surface area contributed by atoms with Gasteiger partial charge in [0.25, 0.3) is 5.91 Å². The molecule has 1 amide bonds. The Hall–Kier alpha value is -1.35. The van der Waals surface area contributed by atoms with E-state index in [1.807, 2.05) is 24.3 Å². The molecule has 0 saturated heterocycles. The zero-order chi connectivity index (χ0) is 13.8. The van der Waals surface area contributed by atoms with Gasteiger partial charge in [0, 0.05) is 18.2 Å². The van der Waals surface area contributed by atoms with Crippen molar-refractivity contribution in [3.05, 3.63) is 35.4 Å². The summed E-state index contributed by atoms with van der Waals surface area (Å²) in [7, 11) is 0. The lowest BCUT2D eigenvalue weighted by Crippen LogP contribution is -2.29. The average Bonchev–Trinajstić information content (AvgIpc) is 2.82. The number of carbonyl (C=O) groups is 1. The molecule has 1 aliphatic rings. The van der Waals surface area contributed by atoms with Crippen LogP contribution in [0.15, 0.2) is 24.3 Å². The summed E-state index contributed by atoms with van der Waals surface area (Å²) in [6, 6.07) is 8.21. The maximum Gasteiger partial charge on any atom is 0.251 e. The van der Waals surface area contributed by atoms with Crippen molar-refractivity contribution in [2.24, 2.45) is 11.7 Å². The normalized spacial score (nSPS) is 22.7. The van der Waals surface area contributed by atoms with Gasteiger partial charge in [-0.05, 0) is 48.8 Å². The summed E-state index contributed by atoms with van der Waals surface area (Å²) in [5.74, 6) is 1.07. The first-order chi connectivity index (χ1) is 9.06. The largest absolute Gasteiger partial charge is 0.352 e. The number of nitrogens with two attached hydrogens (primary N) is 1. The third kappa shape index (κ3) is 3.80. The predicted octanol–water partition coefficient (Wildman–Crippen LogP) is 2.67. The van der Waals surface area contributed by atoms with Crippen LogP contribution in [0.3, 0.4) is 0 Å². The standard InChI is InChI=1S/C16H24N2O/c1-11(2)13-4-6-14(7-5-13)16(19)18-10-12-3-8-15(17)9-12/h4-7,11-12,15H,3,8-10,17H2,1-2H3,(H,18,19). The minimum absolute atomic E-state index is 0.0239.